The summed E-state index contributed by atoms with van der Waals surface area (Å²) < 4.78 is 6.59. The number of rotatable bonds is 10. The molecule has 5 rings (SSSR count). The molecule has 2 fully saturated rings. The van der Waals surface area contributed by atoms with Gasteiger partial charge in [-0.25, -0.2) is 0 Å². The summed E-state index contributed by atoms with van der Waals surface area (Å²) in [6, 6.07) is 18.6. The van der Waals surface area contributed by atoms with Gasteiger partial charge in [-0.05, 0) is 0 Å². The summed E-state index contributed by atoms with van der Waals surface area (Å²) in [7, 11) is -1.95. The summed E-state index contributed by atoms with van der Waals surface area (Å²) >= 11 is -0.361. The topological polar surface area (TPSA) is 55.4 Å². The summed E-state index contributed by atoms with van der Waals surface area (Å²) in [5.41, 5.74) is 4.81. The second-order valence-corrected chi connectivity index (χ2v) is 25.1. The average molecular weight is 759 g/mol. The van der Waals surface area contributed by atoms with E-state index in [1.165, 1.54) is 16.7 Å². The van der Waals surface area contributed by atoms with Crippen LogP contribution in [-0.4, -0.2) is 41.0 Å². The molecule has 50 heavy (non-hydrogen) atoms. The minimum atomic E-state index is -1.95. The second kappa shape index (κ2) is 14.8. The monoisotopic (exact) mass is 759 g/mol. The quantitative estimate of drug-likeness (QED) is 0.114. The van der Waals surface area contributed by atoms with Gasteiger partial charge < -0.3 is 0 Å². The van der Waals surface area contributed by atoms with E-state index in [0.717, 1.165) is 35.0 Å². The number of ketones is 1. The fraction of sp³-hybridized carbons (Fsp3) is 0.545. The van der Waals surface area contributed by atoms with E-state index in [2.05, 4.69) is 135 Å². The van der Waals surface area contributed by atoms with Crippen molar-refractivity contribution in [3.8, 4) is 5.75 Å². The molecule has 1 aliphatic heterocycles. The number of Topliss-reactive ketones (excluding diaryl/α,β-unsaturated/α-hetero) is 1. The van der Waals surface area contributed by atoms with Gasteiger partial charge in [-0.15, -0.1) is 0 Å². The van der Waals surface area contributed by atoms with Crippen molar-refractivity contribution < 1.29 is 14.0 Å². The Balaban J connectivity index is 1.52. The molecule has 1 amide bonds. The third-order valence-corrected chi connectivity index (χ3v) is 19.7. The van der Waals surface area contributed by atoms with Gasteiger partial charge in [0.2, 0.25) is 0 Å². The third-order valence-electron chi connectivity index (χ3n) is 12.4. The first-order chi connectivity index (χ1) is 23.4. The van der Waals surface area contributed by atoms with Gasteiger partial charge >= 0.3 is 312 Å². The van der Waals surface area contributed by atoms with Crippen molar-refractivity contribution in [1.29, 1.82) is 0 Å². The number of allylic oxidation sites excluding steroid dienone is 6. The predicted molar refractivity (Wildman–Crippen MR) is 213 cm³/mol. The number of hydrogen-bond donors (Lipinski definition) is 1. The minimum absolute atomic E-state index is 0.00683. The first kappa shape index (κ1) is 38.6. The molecule has 0 aromatic heterocycles. The van der Waals surface area contributed by atoms with E-state index >= 15 is 4.79 Å². The molecule has 7 atom stereocenters. The summed E-state index contributed by atoms with van der Waals surface area (Å²) in [5, 5.41) is 3.50. The van der Waals surface area contributed by atoms with Gasteiger partial charge in [-0.2, -0.15) is 0 Å². The van der Waals surface area contributed by atoms with Crippen molar-refractivity contribution in [3.05, 3.63) is 95.1 Å². The Hall–Kier alpha value is -2.66. The molecule has 0 spiro atoms. The van der Waals surface area contributed by atoms with Crippen molar-refractivity contribution in [1.82, 2.24) is 5.32 Å². The van der Waals surface area contributed by atoms with Crippen LogP contribution < -0.4 is 14.2 Å². The van der Waals surface area contributed by atoms with Crippen LogP contribution in [-0.2, 0) is 16.0 Å². The van der Waals surface area contributed by atoms with E-state index in [1.54, 1.807) is 0 Å². The molecule has 0 bridgehead atoms. The summed E-state index contributed by atoms with van der Waals surface area (Å²) in [4.78, 5) is 30.4. The molecule has 6 heteroatoms. The number of hydrogen-bond acceptors (Lipinski definition) is 3. The standard InChI is InChI=1S/C44H61NO3SeSi/c1-12-29(2)24-31(4)38-32(5)27-43(9)26-30(3)18-23-37(43)39(38)40(46)44(49-36-16-14-13-15-17-36)28-34(45-41(44)47)25-33-19-21-35(22-20-33)48-50(10,11)42(6,7)8/h12-17,19-22,24,27,30,34,37-39H,18,23,25-26,28H2,1-11H3,(H,45,47)/b29-12+,31-24+/t30-,34+,37+,38-,39+,43+,44?/m1/s1. The Labute approximate surface area is 310 Å². The molecular weight excluding hydrogens is 698 g/mol. The van der Waals surface area contributed by atoms with Crippen LogP contribution in [0.2, 0.25) is 22.4 Å². The maximum atomic E-state index is 15.8. The van der Waals surface area contributed by atoms with Crippen LogP contribution in [0, 0.1) is 29.1 Å². The molecule has 2 aliphatic carbocycles. The van der Waals surface area contributed by atoms with Crippen LogP contribution in [0.4, 0.5) is 0 Å². The van der Waals surface area contributed by atoms with Gasteiger partial charge in [0, 0.05) is 0 Å². The number of carbonyl (C=O) groups excluding carboxylic acids is 2. The molecule has 0 radical (unpaired) electrons. The summed E-state index contributed by atoms with van der Waals surface area (Å²) in [6.07, 6.45) is 11.4. The molecule has 3 aliphatic rings. The van der Waals surface area contributed by atoms with E-state index < -0.39 is 12.6 Å². The molecule has 4 nitrogen and oxygen atoms in total. The molecule has 270 valence electrons. The van der Waals surface area contributed by atoms with Crippen LogP contribution in [0.25, 0.3) is 0 Å². The zero-order valence-electron chi connectivity index (χ0n) is 32.5. The summed E-state index contributed by atoms with van der Waals surface area (Å²) in [6.45, 7) is 24.7. The normalized spacial score (nSPS) is 30.7. The van der Waals surface area contributed by atoms with Gasteiger partial charge in [-0.3, -0.25) is 0 Å². The van der Waals surface area contributed by atoms with Crippen molar-refractivity contribution >= 4 is 39.4 Å². The molecular formula is C44H61NO3SeSi. The van der Waals surface area contributed by atoms with Gasteiger partial charge in [0.05, 0.1) is 0 Å². The predicted octanol–water partition coefficient (Wildman–Crippen LogP) is 9.81. The molecule has 1 unspecified atom stereocenters. The zero-order chi connectivity index (χ0) is 36.6. The average Bonchev–Trinajstić information content (AvgIpc) is 3.34. The Bertz CT molecular complexity index is 1650. The van der Waals surface area contributed by atoms with Crippen molar-refractivity contribution in [2.75, 3.05) is 0 Å². The van der Waals surface area contributed by atoms with E-state index in [9.17, 15) is 4.79 Å². The van der Waals surface area contributed by atoms with E-state index in [4.69, 9.17) is 4.43 Å². The molecule has 1 N–H and O–H groups in total. The molecule has 1 saturated heterocycles. The summed E-state index contributed by atoms with van der Waals surface area (Å²) in [5.74, 6) is 1.59. The molecule has 2 aromatic carbocycles. The SMILES string of the molecule is C/C=C(C)/C=C(\C)[C@@H]1C(C)=C[C@]2(C)C[C@H](C)CC[C@H]2[C@@H]1C(=O)C1([Se]c2ccccc2)C[C@H](Cc2ccc(O[Si](C)(C)C(C)(C)C)cc2)NC1=O. The van der Waals surface area contributed by atoms with Crippen LogP contribution in [0.3, 0.4) is 0 Å². The van der Waals surface area contributed by atoms with Crippen LogP contribution in [0.1, 0.15) is 93.6 Å². The van der Waals surface area contributed by atoms with E-state index in [0.29, 0.717) is 18.8 Å². The fourth-order valence-electron chi connectivity index (χ4n) is 8.84. The number of carbonyl (C=O) groups is 2. The first-order valence-corrected chi connectivity index (χ1v) is 23.4. The van der Waals surface area contributed by atoms with Gasteiger partial charge in [-0.1, -0.05) is 0 Å². The Morgan fingerprint density at radius 1 is 1.04 bits per heavy atom. The maximum absolute atomic E-state index is 15.8. The zero-order valence-corrected chi connectivity index (χ0v) is 35.2. The van der Waals surface area contributed by atoms with E-state index in [-0.39, 0.29) is 60.9 Å². The molecule has 1 heterocycles. The Kier molecular flexibility index (Phi) is 11.4. The number of benzene rings is 2. The van der Waals surface area contributed by atoms with Crippen molar-refractivity contribution in [2.24, 2.45) is 29.1 Å². The van der Waals surface area contributed by atoms with E-state index in [1.807, 2.05) is 18.2 Å². The molecule has 2 aromatic rings. The van der Waals surface area contributed by atoms with Crippen LogP contribution in [0.5, 0.6) is 5.75 Å². The number of amides is 1. The second-order valence-electron chi connectivity index (χ2n) is 17.5. The van der Waals surface area contributed by atoms with Gasteiger partial charge in [0.15, 0.2) is 0 Å². The first-order valence-electron chi connectivity index (χ1n) is 18.8. The van der Waals surface area contributed by atoms with Gasteiger partial charge in [0.1, 0.15) is 0 Å². The van der Waals surface area contributed by atoms with Crippen LogP contribution >= 0.6 is 0 Å². The van der Waals surface area contributed by atoms with Crippen molar-refractivity contribution in [2.45, 2.75) is 123 Å². The Morgan fingerprint density at radius 3 is 2.32 bits per heavy atom. The van der Waals surface area contributed by atoms with Gasteiger partial charge in [0.25, 0.3) is 0 Å². The Morgan fingerprint density at radius 2 is 1.70 bits per heavy atom. The third kappa shape index (κ3) is 7.88. The van der Waals surface area contributed by atoms with Crippen molar-refractivity contribution in [3.63, 3.8) is 0 Å². The number of fused-ring (bicyclic) bond motifs is 1. The van der Waals surface area contributed by atoms with Crippen LogP contribution in [0.15, 0.2) is 89.5 Å². The molecule has 1 saturated carbocycles. The number of nitrogens with one attached hydrogen (secondary N) is 1. The fourth-order valence-corrected chi connectivity index (χ4v) is 12.7.